The van der Waals surface area contributed by atoms with Gasteiger partial charge in [-0.05, 0) is 23.8 Å². The zero-order valence-electron chi connectivity index (χ0n) is 11.4. The maximum atomic E-state index is 12.0. The average Bonchev–Trinajstić information content (AvgIpc) is 2.52. The van der Waals surface area contributed by atoms with Crippen LogP contribution in [-0.4, -0.2) is 22.9 Å². The van der Waals surface area contributed by atoms with E-state index in [9.17, 15) is 14.9 Å². The summed E-state index contributed by atoms with van der Waals surface area (Å²) in [4.78, 5) is 26.4. The number of nitro benzene ring substituents is 1. The first-order valence-electron chi connectivity index (χ1n) is 6.25. The van der Waals surface area contributed by atoms with Crippen LogP contribution in [0.1, 0.15) is 15.9 Å². The summed E-state index contributed by atoms with van der Waals surface area (Å²) in [6.45, 7) is 0.314. The highest BCUT2D eigenvalue weighted by Gasteiger charge is 2.16. The Morgan fingerprint density at radius 1 is 1.38 bits per heavy atom. The van der Waals surface area contributed by atoms with Crippen molar-refractivity contribution >= 4 is 17.3 Å². The van der Waals surface area contributed by atoms with Gasteiger partial charge in [-0.25, -0.2) is 0 Å². The second-order valence-corrected chi connectivity index (χ2v) is 4.28. The molecular formula is C14H14N4O3. The van der Waals surface area contributed by atoms with Crippen molar-refractivity contribution in [3.8, 4) is 0 Å². The largest absolute Gasteiger partial charge is 0.383 e. The molecule has 1 aromatic carbocycles. The molecule has 7 nitrogen and oxygen atoms in total. The predicted molar refractivity (Wildman–Crippen MR) is 78.1 cm³/mol. The van der Waals surface area contributed by atoms with E-state index in [-0.39, 0.29) is 17.2 Å². The van der Waals surface area contributed by atoms with Crippen LogP contribution in [0.4, 0.5) is 11.4 Å². The van der Waals surface area contributed by atoms with Gasteiger partial charge in [0.2, 0.25) is 0 Å². The summed E-state index contributed by atoms with van der Waals surface area (Å²) < 4.78 is 0. The zero-order valence-corrected chi connectivity index (χ0v) is 11.4. The molecule has 0 saturated carbocycles. The molecule has 2 rings (SSSR count). The molecule has 0 aliphatic rings. The minimum absolute atomic E-state index is 0.133. The van der Waals surface area contributed by atoms with Crippen molar-refractivity contribution in [2.24, 2.45) is 0 Å². The molecule has 21 heavy (non-hydrogen) atoms. The highest BCUT2D eigenvalue weighted by Crippen LogP contribution is 2.24. The molecule has 1 amide bonds. The number of hydrogen-bond acceptors (Lipinski definition) is 5. The summed E-state index contributed by atoms with van der Waals surface area (Å²) in [5.41, 5.74) is 1.33. The van der Waals surface area contributed by atoms with Gasteiger partial charge < -0.3 is 10.6 Å². The monoisotopic (exact) mass is 286 g/mol. The third-order valence-electron chi connectivity index (χ3n) is 2.90. The number of benzene rings is 1. The number of nitrogens with one attached hydrogen (secondary N) is 2. The first-order valence-corrected chi connectivity index (χ1v) is 6.25. The summed E-state index contributed by atoms with van der Waals surface area (Å²) in [6.07, 6.45) is 3.29. The fourth-order valence-corrected chi connectivity index (χ4v) is 1.82. The first-order chi connectivity index (χ1) is 10.1. The number of pyridine rings is 1. The predicted octanol–water partition coefficient (Wildman–Crippen LogP) is 1.96. The average molecular weight is 286 g/mol. The van der Waals surface area contributed by atoms with Crippen LogP contribution < -0.4 is 10.6 Å². The molecule has 0 saturated heterocycles. The quantitative estimate of drug-likeness (QED) is 0.647. The maximum Gasteiger partial charge on any atom is 0.293 e. The summed E-state index contributed by atoms with van der Waals surface area (Å²) >= 11 is 0. The Morgan fingerprint density at radius 3 is 2.81 bits per heavy atom. The van der Waals surface area contributed by atoms with E-state index in [0.717, 1.165) is 5.56 Å². The van der Waals surface area contributed by atoms with Crippen LogP contribution in [0, 0.1) is 10.1 Å². The number of anilines is 1. The van der Waals surface area contributed by atoms with Crippen molar-refractivity contribution in [2.75, 3.05) is 12.4 Å². The lowest BCUT2D eigenvalue weighted by molar-refractivity contribution is -0.384. The number of carbonyl (C=O) groups excluding carboxylic acids is 1. The number of rotatable bonds is 5. The maximum absolute atomic E-state index is 12.0. The van der Waals surface area contributed by atoms with Crippen LogP contribution in [0.3, 0.4) is 0 Å². The van der Waals surface area contributed by atoms with Gasteiger partial charge in [-0.3, -0.25) is 19.9 Å². The van der Waals surface area contributed by atoms with E-state index in [4.69, 9.17) is 0 Å². The third-order valence-corrected chi connectivity index (χ3v) is 2.90. The van der Waals surface area contributed by atoms with Crippen molar-refractivity contribution < 1.29 is 9.72 Å². The van der Waals surface area contributed by atoms with Crippen molar-refractivity contribution in [1.82, 2.24) is 10.3 Å². The molecule has 0 atom stereocenters. The Balaban J connectivity index is 2.12. The highest BCUT2D eigenvalue weighted by molar-refractivity contribution is 5.95. The minimum Gasteiger partial charge on any atom is -0.383 e. The number of aromatic nitrogens is 1. The van der Waals surface area contributed by atoms with E-state index in [2.05, 4.69) is 15.6 Å². The summed E-state index contributed by atoms with van der Waals surface area (Å²) in [6, 6.07) is 7.91. The Kier molecular flexibility index (Phi) is 4.45. The molecule has 0 aliphatic heterocycles. The highest BCUT2D eigenvalue weighted by atomic mass is 16.6. The smallest absolute Gasteiger partial charge is 0.293 e. The Hall–Kier alpha value is -2.96. The number of amides is 1. The van der Waals surface area contributed by atoms with E-state index in [1.807, 2.05) is 6.07 Å². The van der Waals surface area contributed by atoms with Crippen LogP contribution >= 0.6 is 0 Å². The SMILES string of the molecule is CNc1ccc(C(=O)NCc2cccnc2)cc1[N+](=O)[O-]. The molecule has 1 aromatic heterocycles. The van der Waals surface area contributed by atoms with Crippen LogP contribution in [0.2, 0.25) is 0 Å². The molecule has 0 radical (unpaired) electrons. The van der Waals surface area contributed by atoms with Gasteiger partial charge in [0, 0.05) is 37.6 Å². The lowest BCUT2D eigenvalue weighted by Crippen LogP contribution is -2.23. The zero-order chi connectivity index (χ0) is 15.2. The van der Waals surface area contributed by atoms with Gasteiger partial charge in [-0.2, -0.15) is 0 Å². The van der Waals surface area contributed by atoms with Crippen LogP contribution in [0.25, 0.3) is 0 Å². The molecular weight excluding hydrogens is 272 g/mol. The van der Waals surface area contributed by atoms with Gasteiger partial charge in [0.15, 0.2) is 0 Å². The second kappa shape index (κ2) is 6.47. The molecule has 2 N–H and O–H groups in total. The fourth-order valence-electron chi connectivity index (χ4n) is 1.82. The van der Waals surface area contributed by atoms with Gasteiger partial charge in [-0.15, -0.1) is 0 Å². The normalized spacial score (nSPS) is 9.95. The van der Waals surface area contributed by atoms with Gasteiger partial charge >= 0.3 is 0 Å². The number of hydrogen-bond donors (Lipinski definition) is 2. The molecule has 2 aromatic rings. The minimum atomic E-state index is -0.524. The number of nitro groups is 1. The first kappa shape index (κ1) is 14.4. The Bertz CT molecular complexity index is 659. The van der Waals surface area contributed by atoms with E-state index in [1.54, 1.807) is 25.5 Å². The molecule has 0 unspecified atom stereocenters. The molecule has 0 spiro atoms. The molecule has 0 fully saturated rings. The summed E-state index contributed by atoms with van der Waals surface area (Å²) in [7, 11) is 1.59. The van der Waals surface area contributed by atoms with Crippen molar-refractivity contribution in [3.05, 3.63) is 64.0 Å². The molecule has 108 valence electrons. The lowest BCUT2D eigenvalue weighted by Gasteiger charge is -2.07. The molecule has 1 heterocycles. The van der Waals surface area contributed by atoms with E-state index < -0.39 is 4.92 Å². The van der Waals surface area contributed by atoms with E-state index >= 15 is 0 Å². The summed E-state index contributed by atoms with van der Waals surface area (Å²) in [5.74, 6) is -0.371. The van der Waals surface area contributed by atoms with Gasteiger partial charge in [0.05, 0.1) is 4.92 Å². The summed E-state index contributed by atoms with van der Waals surface area (Å²) in [5, 5.41) is 16.4. The number of carbonyl (C=O) groups is 1. The Morgan fingerprint density at radius 2 is 2.19 bits per heavy atom. The van der Waals surface area contributed by atoms with Gasteiger partial charge in [0.25, 0.3) is 11.6 Å². The van der Waals surface area contributed by atoms with Gasteiger partial charge in [0.1, 0.15) is 5.69 Å². The van der Waals surface area contributed by atoms with Crippen LogP contribution in [-0.2, 0) is 6.54 Å². The Labute approximate surface area is 121 Å². The number of nitrogens with zero attached hydrogens (tertiary/aromatic N) is 2. The third kappa shape index (κ3) is 3.53. The van der Waals surface area contributed by atoms with E-state index in [1.165, 1.54) is 18.2 Å². The topological polar surface area (TPSA) is 97.2 Å². The van der Waals surface area contributed by atoms with Crippen molar-refractivity contribution in [3.63, 3.8) is 0 Å². The van der Waals surface area contributed by atoms with Crippen molar-refractivity contribution in [1.29, 1.82) is 0 Å². The van der Waals surface area contributed by atoms with Crippen LogP contribution in [0.15, 0.2) is 42.7 Å². The second-order valence-electron chi connectivity index (χ2n) is 4.28. The molecule has 0 aliphatic carbocycles. The van der Waals surface area contributed by atoms with Gasteiger partial charge in [-0.1, -0.05) is 6.07 Å². The molecule has 0 bridgehead atoms. The lowest BCUT2D eigenvalue weighted by atomic mass is 10.1. The standard InChI is InChI=1S/C14H14N4O3/c1-15-12-5-4-11(7-13(12)18(20)21)14(19)17-9-10-3-2-6-16-8-10/h2-8,15H,9H2,1H3,(H,17,19). The molecule has 7 heteroatoms. The fraction of sp³-hybridized carbons (Fsp3) is 0.143. The van der Waals surface area contributed by atoms with Crippen molar-refractivity contribution in [2.45, 2.75) is 6.54 Å². The van der Waals surface area contributed by atoms with E-state index in [0.29, 0.717) is 12.2 Å². The van der Waals surface area contributed by atoms with Crippen LogP contribution in [0.5, 0.6) is 0 Å².